The van der Waals surface area contributed by atoms with Gasteiger partial charge in [-0.15, -0.1) is 34.0 Å². The number of hydrogen-bond donors (Lipinski definition) is 0. The van der Waals surface area contributed by atoms with Crippen molar-refractivity contribution in [3.8, 4) is 22.9 Å². The molecule has 0 atom stereocenters. The number of likely N-dealkylation sites (tertiary alicyclic amines) is 4. The Kier molecular flexibility index (Phi) is 16.9. The number of aryl methyl sites for hydroxylation is 1. The van der Waals surface area contributed by atoms with E-state index < -0.39 is 35.4 Å². The fraction of sp³-hybridized carbons (Fsp3) is 0.407. The van der Waals surface area contributed by atoms with Gasteiger partial charge in [0, 0.05) is 106 Å². The van der Waals surface area contributed by atoms with Gasteiger partial charge in [-0.2, -0.15) is 5.26 Å². The minimum atomic E-state index is -0.862. The Morgan fingerprint density at radius 1 is 0.655 bits per heavy atom. The number of benzene rings is 1. The first kappa shape index (κ1) is 60.2. The number of pyridine rings is 3. The molecule has 5 fully saturated rings. The molecule has 436 valence electrons. The van der Waals surface area contributed by atoms with Gasteiger partial charge < -0.3 is 23.7 Å². The van der Waals surface area contributed by atoms with Crippen molar-refractivity contribution in [2.75, 3.05) is 19.7 Å². The molecule has 6 aromatic heterocycles. The Hall–Kier alpha value is -6.91. The molecule has 12 rings (SSSR count). The first-order valence-corrected chi connectivity index (χ1v) is 30.4. The number of carbonyl (C=O) groups excluding carboxylic acids is 7. The zero-order valence-corrected chi connectivity index (χ0v) is 51.4. The number of thiophene rings is 3. The van der Waals surface area contributed by atoms with E-state index in [-0.39, 0.29) is 74.5 Å². The Balaban J connectivity index is 0.000000152. The molecule has 7 aromatic rings. The third-order valence-electron chi connectivity index (χ3n) is 15.2. The molecule has 25 heteroatoms. The lowest BCUT2D eigenvalue weighted by Crippen LogP contribution is -2.61. The second-order valence-corrected chi connectivity index (χ2v) is 27.4. The summed E-state index contributed by atoms with van der Waals surface area (Å²) in [6, 6.07) is 17.2. The van der Waals surface area contributed by atoms with Crippen molar-refractivity contribution in [3.63, 3.8) is 0 Å². The van der Waals surface area contributed by atoms with Crippen LogP contribution in [0.25, 0.3) is 41.8 Å². The van der Waals surface area contributed by atoms with E-state index >= 15 is 0 Å². The summed E-state index contributed by atoms with van der Waals surface area (Å²) in [5.41, 5.74) is 3.38. The quantitative estimate of drug-likeness (QED) is 0.0866. The van der Waals surface area contributed by atoms with Crippen molar-refractivity contribution in [1.82, 2.24) is 34.6 Å². The molecular formula is C59H59BCl2N8O11S3. The van der Waals surface area contributed by atoms with Crippen LogP contribution in [0.5, 0.6) is 5.75 Å². The lowest BCUT2D eigenvalue weighted by Gasteiger charge is -2.45. The van der Waals surface area contributed by atoms with Crippen molar-refractivity contribution < 1.29 is 52.3 Å². The minimum Gasteiger partial charge on any atom is -0.491 e. The normalized spacial score (nSPS) is 18.2. The molecule has 19 nitrogen and oxygen atoms in total. The fourth-order valence-corrected chi connectivity index (χ4v) is 13.9. The highest BCUT2D eigenvalue weighted by Crippen LogP contribution is 2.44. The number of hydrogen-bond acceptors (Lipinski definition) is 18. The van der Waals surface area contributed by atoms with E-state index in [1.54, 1.807) is 51.5 Å². The molecule has 11 heterocycles. The molecule has 0 radical (unpaired) electrons. The monoisotopic (exact) mass is 1230 g/mol. The molecule has 7 amide bonds. The highest BCUT2D eigenvalue weighted by atomic mass is 35.5. The highest BCUT2D eigenvalue weighted by Gasteiger charge is 2.52. The lowest BCUT2D eigenvalue weighted by molar-refractivity contribution is -0.140. The summed E-state index contributed by atoms with van der Waals surface area (Å²) in [4.78, 5) is 105. The third kappa shape index (κ3) is 12.6. The van der Waals surface area contributed by atoms with E-state index in [2.05, 4.69) is 21.0 Å². The third-order valence-corrected chi connectivity index (χ3v) is 19.3. The van der Waals surface area contributed by atoms with E-state index in [4.69, 9.17) is 42.0 Å². The van der Waals surface area contributed by atoms with Crippen LogP contribution in [-0.4, -0.2) is 120 Å². The van der Waals surface area contributed by atoms with Crippen LogP contribution in [-0.2, 0) is 62.4 Å². The van der Waals surface area contributed by atoms with Crippen LogP contribution in [0.4, 0.5) is 4.79 Å². The molecule has 5 aliphatic rings. The molecule has 84 heavy (non-hydrogen) atoms. The number of imide groups is 3. The zero-order chi connectivity index (χ0) is 60.2. The van der Waals surface area contributed by atoms with Crippen LogP contribution in [0, 0.1) is 23.7 Å². The van der Waals surface area contributed by atoms with E-state index in [1.807, 2.05) is 71.0 Å². The molecule has 1 aromatic carbocycles. The smallest absolute Gasteiger partial charge is 0.491 e. The van der Waals surface area contributed by atoms with Crippen molar-refractivity contribution in [3.05, 3.63) is 97.4 Å². The van der Waals surface area contributed by atoms with E-state index in [1.165, 1.54) is 53.6 Å². The van der Waals surface area contributed by atoms with Gasteiger partial charge in [0.2, 0.25) is 35.4 Å². The highest BCUT2D eigenvalue weighted by molar-refractivity contribution is 7.20. The Morgan fingerprint density at radius 3 is 1.57 bits per heavy atom. The molecule has 0 spiro atoms. The zero-order valence-electron chi connectivity index (χ0n) is 47.5. The number of fused-ring (bicyclic) bond motifs is 3. The maximum absolute atomic E-state index is 12.4. The number of halogens is 2. The SMILES string of the molecule is CC1(C)OB(c2ccnc3cc(CN4C(=O)CCC4=O)sc23)OC1(C)C.Cc1cc(Cl)cc(-c2ccnc3cc(CN4C(=O)CCC4=O)sc23)c1OCC1(C#N)CN(C(=O)OC(C)(C)C)C1.O=C1CCC(=O)N1Cc1cc2nccc(Cl)c2s1. The first-order valence-electron chi connectivity index (χ1n) is 27.2. The second kappa shape index (κ2) is 23.5. The van der Waals surface area contributed by atoms with E-state index in [0.717, 1.165) is 67.4 Å². The van der Waals surface area contributed by atoms with Crippen LogP contribution in [0.2, 0.25) is 10.0 Å². The fourth-order valence-electron chi connectivity index (χ4n) is 10.1. The van der Waals surface area contributed by atoms with Gasteiger partial charge in [-0.3, -0.25) is 58.4 Å². The topological polar surface area (TPSA) is 232 Å². The second-order valence-electron chi connectivity index (χ2n) is 23.2. The predicted molar refractivity (Wildman–Crippen MR) is 320 cm³/mol. The Bertz CT molecular complexity index is 3820. The average Bonchev–Trinajstić information content (AvgIpc) is 1.67. The van der Waals surface area contributed by atoms with Gasteiger partial charge in [-0.25, -0.2) is 4.79 Å². The molecule has 0 N–H and O–H groups in total. The largest absolute Gasteiger partial charge is 0.496 e. The predicted octanol–water partition coefficient (Wildman–Crippen LogP) is 10.6. The van der Waals surface area contributed by atoms with Crippen molar-refractivity contribution >= 4 is 142 Å². The lowest BCUT2D eigenvalue weighted by atomic mass is 9.79. The molecule has 0 saturated carbocycles. The van der Waals surface area contributed by atoms with Gasteiger partial charge in [0.15, 0.2) is 0 Å². The summed E-state index contributed by atoms with van der Waals surface area (Å²) in [5, 5.41) is 11.1. The number of aromatic nitrogens is 3. The average molecular weight is 1230 g/mol. The summed E-state index contributed by atoms with van der Waals surface area (Å²) < 4.78 is 26.8. The molecule has 0 aliphatic carbocycles. The number of rotatable bonds is 11. The summed E-state index contributed by atoms with van der Waals surface area (Å²) in [6.45, 7) is 16.7. The van der Waals surface area contributed by atoms with Crippen LogP contribution >= 0.6 is 57.2 Å². The molecule has 5 aliphatic heterocycles. The van der Waals surface area contributed by atoms with Gasteiger partial charge >= 0.3 is 13.2 Å². The van der Waals surface area contributed by atoms with Crippen molar-refractivity contribution in [2.45, 2.75) is 130 Å². The van der Waals surface area contributed by atoms with E-state index in [0.29, 0.717) is 54.6 Å². The van der Waals surface area contributed by atoms with Gasteiger partial charge in [-0.05, 0) is 109 Å². The minimum absolute atomic E-state index is 0.0847. The molecule has 5 saturated heterocycles. The van der Waals surface area contributed by atoms with Crippen LogP contribution in [0.1, 0.15) is 107 Å². The summed E-state index contributed by atoms with van der Waals surface area (Å²) >= 11 is 17.0. The van der Waals surface area contributed by atoms with Gasteiger partial charge in [0.1, 0.15) is 23.4 Å². The Labute approximate surface area is 506 Å². The molecule has 0 bridgehead atoms. The summed E-state index contributed by atoms with van der Waals surface area (Å²) in [7, 11) is -0.466. The van der Waals surface area contributed by atoms with Gasteiger partial charge in [-0.1, -0.05) is 23.2 Å². The summed E-state index contributed by atoms with van der Waals surface area (Å²) in [6.07, 6.45) is 6.38. The van der Waals surface area contributed by atoms with Gasteiger partial charge in [0.05, 0.1) is 72.6 Å². The maximum Gasteiger partial charge on any atom is 0.496 e. The maximum atomic E-state index is 12.4. The van der Waals surface area contributed by atoms with Gasteiger partial charge in [0.25, 0.3) is 0 Å². The van der Waals surface area contributed by atoms with Crippen LogP contribution in [0.3, 0.4) is 0 Å². The van der Waals surface area contributed by atoms with Crippen molar-refractivity contribution in [1.29, 1.82) is 5.26 Å². The number of amides is 7. The standard InChI is InChI=1S/C29H29ClN4O5S.C18H21BN2O4S.C12H9ClN2O2S/c1-17-9-18(30)10-21(25(17)38-16-29(13-31)14-33(15-29)27(37)39-28(2,3)4)20-7-8-32-22-11-19(40-26(20)22)12-34-23(35)5-6-24(34)36;1-17(2)18(3,4)25-19(24-17)12-7-8-20-13-9-11(26-16(12)13)10-21-14(22)5-6-15(21)23;13-8-3-4-14-9-5-7(18-12(8)9)6-15-10(16)1-2-11(15)17/h7-11H,5-6,12,14-16H2,1-4H3;7-9H,5-6,10H2,1-4H3;3-5H,1-2,6H2. The Morgan fingerprint density at radius 2 is 1.10 bits per heavy atom. The van der Waals surface area contributed by atoms with Crippen LogP contribution in [0.15, 0.2) is 67.1 Å². The number of carbonyl (C=O) groups is 7. The van der Waals surface area contributed by atoms with E-state index in [9.17, 15) is 38.8 Å². The molecule has 0 unspecified atom stereocenters. The molecular weight excluding hydrogens is 1170 g/mol. The van der Waals surface area contributed by atoms with Crippen molar-refractivity contribution in [2.24, 2.45) is 5.41 Å². The summed E-state index contributed by atoms with van der Waals surface area (Å²) in [5.74, 6) is -0.151. The number of ether oxygens (including phenoxy) is 2. The van der Waals surface area contributed by atoms with Crippen LogP contribution < -0.4 is 10.2 Å². The first-order chi connectivity index (χ1) is 39.7. The number of nitrogens with zero attached hydrogens (tertiary/aromatic N) is 8. The number of nitriles is 1.